The third-order valence-corrected chi connectivity index (χ3v) is 8.78. The predicted molar refractivity (Wildman–Crippen MR) is 149 cm³/mol. The van der Waals surface area contributed by atoms with E-state index in [0.717, 1.165) is 30.2 Å². The first kappa shape index (κ1) is 28.9. The van der Waals surface area contributed by atoms with Crippen molar-refractivity contribution in [3.63, 3.8) is 0 Å². The molecular weight excluding hydrogens is 530 g/mol. The number of methoxy groups -OCH3 is 2. The summed E-state index contributed by atoms with van der Waals surface area (Å²) in [5.74, 6) is -1.17. The van der Waals surface area contributed by atoms with E-state index in [1.807, 2.05) is 18.2 Å². The highest BCUT2D eigenvalue weighted by Crippen LogP contribution is 2.43. The van der Waals surface area contributed by atoms with Crippen molar-refractivity contribution in [3.05, 3.63) is 30.0 Å². The van der Waals surface area contributed by atoms with E-state index in [-0.39, 0.29) is 43.2 Å². The lowest BCUT2D eigenvalue weighted by atomic mass is 9.91. The second-order valence-corrected chi connectivity index (χ2v) is 11.2. The Hall–Kier alpha value is -3.64. The van der Waals surface area contributed by atoms with E-state index in [9.17, 15) is 24.3 Å². The van der Waals surface area contributed by atoms with E-state index < -0.39 is 35.9 Å². The summed E-state index contributed by atoms with van der Waals surface area (Å²) >= 11 is 0. The lowest BCUT2D eigenvalue weighted by molar-refractivity contribution is -0.135. The fourth-order valence-corrected chi connectivity index (χ4v) is 6.70. The zero-order chi connectivity index (χ0) is 29.1. The molecular formula is C29H39N5O7. The van der Waals surface area contributed by atoms with Gasteiger partial charge in [-0.15, -0.1) is 0 Å². The van der Waals surface area contributed by atoms with Gasteiger partial charge in [0.1, 0.15) is 17.5 Å². The summed E-state index contributed by atoms with van der Waals surface area (Å²) in [6, 6.07) is 5.50. The summed E-state index contributed by atoms with van der Waals surface area (Å²) in [6.07, 6.45) is 1.78. The van der Waals surface area contributed by atoms with Crippen LogP contribution < -0.4 is 20.7 Å². The van der Waals surface area contributed by atoms with Gasteiger partial charge >= 0.3 is 0 Å². The van der Waals surface area contributed by atoms with Crippen LogP contribution in [0.15, 0.2) is 24.3 Å². The first-order chi connectivity index (χ1) is 19.8. The molecule has 4 unspecified atom stereocenters. The second-order valence-electron chi connectivity index (χ2n) is 11.2. The van der Waals surface area contributed by atoms with Crippen LogP contribution in [0, 0.1) is 17.8 Å². The highest BCUT2D eigenvalue weighted by molar-refractivity contribution is 6.02. The molecule has 5 N–H and O–H groups in total. The minimum Gasteiger partial charge on any atom is -0.496 e. The van der Waals surface area contributed by atoms with Crippen molar-refractivity contribution < 1.29 is 33.8 Å². The number of carbonyl (C=O) groups is 4. The number of hydrogen-bond donors (Lipinski definition) is 5. The van der Waals surface area contributed by atoms with Crippen LogP contribution >= 0.6 is 0 Å². The number of ether oxygens (including phenoxy) is 2. The Bertz CT molecular complexity index is 1300. The normalized spacial score (nSPS) is 25.0. The van der Waals surface area contributed by atoms with E-state index >= 15 is 0 Å². The lowest BCUT2D eigenvalue weighted by Gasteiger charge is -2.31. The van der Waals surface area contributed by atoms with Gasteiger partial charge in [-0.25, -0.2) is 0 Å². The molecule has 1 aromatic heterocycles. The molecule has 3 heterocycles. The second kappa shape index (κ2) is 12.5. The van der Waals surface area contributed by atoms with Crippen molar-refractivity contribution in [1.29, 1.82) is 0 Å². The zero-order valence-corrected chi connectivity index (χ0v) is 23.5. The standard InChI is InChI=1S/C29H39N5O7/c1-40-12-11-31-28(38)25(35)21(13-16-9-10-30-26(16)36)33-27(37)24-18-6-3-5-17(18)15-34(24)29(39)22-14-19-20(32-22)7-4-8-23(19)41-2/h4,7-8,14,16-18,21,24-25,32,35H,3,5-6,9-13,15H2,1-2H3,(H,30,36)(H,31,38)(H,33,37)/t16-,17?,18?,21-,24?,25?/m0/s1. The van der Waals surface area contributed by atoms with Gasteiger partial charge in [0.2, 0.25) is 11.8 Å². The van der Waals surface area contributed by atoms with Gasteiger partial charge in [0, 0.05) is 43.6 Å². The van der Waals surface area contributed by atoms with Crippen LogP contribution in [0.4, 0.5) is 0 Å². The third-order valence-electron chi connectivity index (χ3n) is 8.78. The molecule has 6 atom stereocenters. The van der Waals surface area contributed by atoms with Crippen molar-refractivity contribution in [2.45, 2.75) is 50.3 Å². The molecule has 5 rings (SSSR count). The SMILES string of the molecule is COCCNC(=O)C(O)[C@H](C[C@@H]1CCNC1=O)NC(=O)C1C2CCCC2CN1C(=O)c1cc2c(OC)cccc2[nH]1. The van der Waals surface area contributed by atoms with Crippen LogP contribution in [0.5, 0.6) is 5.75 Å². The smallest absolute Gasteiger partial charge is 0.271 e. The summed E-state index contributed by atoms with van der Waals surface area (Å²) in [4.78, 5) is 57.7. The van der Waals surface area contributed by atoms with Gasteiger partial charge in [0.05, 0.1) is 19.8 Å². The number of nitrogens with zero attached hydrogens (tertiary/aromatic N) is 1. The van der Waals surface area contributed by atoms with Gasteiger partial charge in [-0.2, -0.15) is 0 Å². The van der Waals surface area contributed by atoms with Crippen molar-refractivity contribution in [3.8, 4) is 5.75 Å². The molecule has 0 spiro atoms. The van der Waals surface area contributed by atoms with Crippen molar-refractivity contribution in [2.24, 2.45) is 17.8 Å². The first-order valence-corrected chi connectivity index (χ1v) is 14.3. The summed E-state index contributed by atoms with van der Waals surface area (Å²) in [5, 5.41) is 20.0. The molecule has 222 valence electrons. The van der Waals surface area contributed by atoms with Crippen LogP contribution in [0.3, 0.4) is 0 Å². The fraction of sp³-hybridized carbons (Fsp3) is 0.586. The molecule has 0 radical (unpaired) electrons. The Morgan fingerprint density at radius 1 is 1.20 bits per heavy atom. The molecule has 3 fully saturated rings. The van der Waals surface area contributed by atoms with Gasteiger partial charge in [0.15, 0.2) is 6.10 Å². The number of aliphatic hydroxyl groups excluding tert-OH is 1. The Labute approximate surface area is 238 Å². The molecule has 2 saturated heterocycles. The number of likely N-dealkylation sites (tertiary alicyclic amines) is 1. The summed E-state index contributed by atoms with van der Waals surface area (Å²) in [5.41, 5.74) is 1.12. The van der Waals surface area contributed by atoms with E-state index in [2.05, 4.69) is 20.9 Å². The van der Waals surface area contributed by atoms with Crippen LogP contribution in [-0.2, 0) is 19.1 Å². The van der Waals surface area contributed by atoms with Crippen molar-refractivity contribution in [2.75, 3.05) is 40.5 Å². The molecule has 1 aromatic carbocycles. The molecule has 2 aliphatic heterocycles. The Balaban J connectivity index is 1.38. The average molecular weight is 570 g/mol. The number of nitrogens with one attached hydrogen (secondary N) is 4. The zero-order valence-electron chi connectivity index (χ0n) is 23.5. The number of aromatic amines is 1. The van der Waals surface area contributed by atoms with Gasteiger partial charge < -0.3 is 40.4 Å². The highest BCUT2D eigenvalue weighted by atomic mass is 16.5. The maximum absolute atomic E-state index is 14.0. The lowest BCUT2D eigenvalue weighted by Crippen LogP contribution is -2.57. The minimum absolute atomic E-state index is 0.0269. The predicted octanol–water partition coefficient (Wildman–Crippen LogP) is 0.552. The maximum atomic E-state index is 14.0. The number of aliphatic hydroxyl groups is 1. The summed E-state index contributed by atoms with van der Waals surface area (Å²) < 4.78 is 10.4. The quantitative estimate of drug-likeness (QED) is 0.247. The Morgan fingerprint density at radius 2 is 2.02 bits per heavy atom. The average Bonchev–Trinajstić information content (AvgIpc) is 3.75. The van der Waals surface area contributed by atoms with E-state index in [1.54, 1.807) is 18.1 Å². The molecule has 4 amide bonds. The number of carbonyl (C=O) groups excluding carboxylic acids is 4. The number of rotatable bonds is 11. The third kappa shape index (κ3) is 5.89. The Kier molecular flexibility index (Phi) is 8.79. The Morgan fingerprint density at radius 3 is 2.76 bits per heavy atom. The highest BCUT2D eigenvalue weighted by Gasteiger charge is 2.50. The molecule has 12 heteroatoms. The molecule has 1 aliphatic carbocycles. The number of amides is 4. The van der Waals surface area contributed by atoms with Crippen LogP contribution in [-0.4, -0.2) is 97.3 Å². The molecule has 3 aliphatic rings. The van der Waals surface area contributed by atoms with Crippen LogP contribution in [0.25, 0.3) is 10.9 Å². The molecule has 2 aromatic rings. The van der Waals surface area contributed by atoms with Crippen molar-refractivity contribution >= 4 is 34.5 Å². The summed E-state index contributed by atoms with van der Waals surface area (Å²) in [6.45, 7) is 1.41. The van der Waals surface area contributed by atoms with Crippen molar-refractivity contribution in [1.82, 2.24) is 25.8 Å². The molecule has 41 heavy (non-hydrogen) atoms. The molecule has 0 bridgehead atoms. The van der Waals surface area contributed by atoms with Crippen LogP contribution in [0.2, 0.25) is 0 Å². The van der Waals surface area contributed by atoms with Gasteiger partial charge in [-0.05, 0) is 55.7 Å². The van der Waals surface area contributed by atoms with Gasteiger partial charge in [0.25, 0.3) is 11.8 Å². The molecule has 1 saturated carbocycles. The summed E-state index contributed by atoms with van der Waals surface area (Å²) in [7, 11) is 3.07. The van der Waals surface area contributed by atoms with E-state index in [4.69, 9.17) is 9.47 Å². The maximum Gasteiger partial charge on any atom is 0.271 e. The van der Waals surface area contributed by atoms with E-state index in [1.165, 1.54) is 7.11 Å². The van der Waals surface area contributed by atoms with Gasteiger partial charge in [-0.3, -0.25) is 19.2 Å². The van der Waals surface area contributed by atoms with Crippen LogP contribution in [0.1, 0.15) is 42.6 Å². The monoisotopic (exact) mass is 569 g/mol. The fourth-order valence-electron chi connectivity index (χ4n) is 6.70. The number of fused-ring (bicyclic) bond motifs is 2. The number of benzene rings is 1. The molecule has 12 nitrogen and oxygen atoms in total. The first-order valence-electron chi connectivity index (χ1n) is 14.3. The minimum atomic E-state index is -1.57. The van der Waals surface area contributed by atoms with Gasteiger partial charge in [-0.1, -0.05) is 12.5 Å². The number of H-pyrrole nitrogens is 1. The number of aromatic nitrogens is 1. The number of hydrogen-bond acceptors (Lipinski definition) is 7. The van der Waals surface area contributed by atoms with E-state index in [0.29, 0.717) is 31.0 Å². The largest absolute Gasteiger partial charge is 0.496 e. The topological polar surface area (TPSA) is 162 Å².